The van der Waals surface area contributed by atoms with Crippen molar-refractivity contribution >= 4 is 29.0 Å². The summed E-state index contributed by atoms with van der Waals surface area (Å²) in [6, 6.07) is 11.0. The van der Waals surface area contributed by atoms with Crippen LogP contribution in [0.1, 0.15) is 23.0 Å². The van der Waals surface area contributed by atoms with Gasteiger partial charge in [-0.25, -0.2) is 4.98 Å². The molecular weight excluding hydrogens is 312 g/mol. The number of benzene rings is 1. The Morgan fingerprint density at radius 1 is 1.26 bits per heavy atom. The molecule has 2 aromatic rings. The molecule has 0 atom stereocenters. The first kappa shape index (κ1) is 17.1. The van der Waals surface area contributed by atoms with Crippen molar-refractivity contribution < 1.29 is 4.79 Å². The molecule has 1 aromatic heterocycles. The molecule has 0 aliphatic carbocycles. The summed E-state index contributed by atoms with van der Waals surface area (Å²) < 4.78 is 0. The van der Waals surface area contributed by atoms with Gasteiger partial charge in [-0.1, -0.05) is 17.7 Å². The average Bonchev–Trinajstić information content (AvgIpc) is 2.54. The third-order valence-electron chi connectivity index (χ3n) is 3.27. The van der Waals surface area contributed by atoms with Crippen LogP contribution < -0.4 is 15.5 Å². The molecule has 0 saturated heterocycles. The van der Waals surface area contributed by atoms with E-state index >= 15 is 0 Å². The summed E-state index contributed by atoms with van der Waals surface area (Å²) in [5.41, 5.74) is 2.10. The molecule has 1 heterocycles. The van der Waals surface area contributed by atoms with Crippen LogP contribution in [0, 0.1) is 0 Å². The molecule has 0 aliphatic rings. The maximum absolute atomic E-state index is 12.4. The van der Waals surface area contributed by atoms with Gasteiger partial charge in [0, 0.05) is 31.4 Å². The number of nitrogens with zero attached hydrogens (tertiary/aromatic N) is 2. The molecule has 1 amide bonds. The van der Waals surface area contributed by atoms with Crippen LogP contribution in [0.25, 0.3) is 0 Å². The number of rotatable bonds is 6. The average molecular weight is 333 g/mol. The van der Waals surface area contributed by atoms with Crippen molar-refractivity contribution in [3.8, 4) is 0 Å². The molecule has 23 heavy (non-hydrogen) atoms. The van der Waals surface area contributed by atoms with E-state index in [1.165, 1.54) is 0 Å². The fraction of sp³-hybridized carbons (Fsp3) is 0.294. The molecule has 6 heteroatoms. The standard InChI is InChI=1S/C17H21ClN4O/c1-4-19-15-9-8-12(18)10-14(15)17(23)20-11-13-6-5-7-16(21-13)22(2)3/h5-10,19H,4,11H2,1-3H3,(H,20,23). The Morgan fingerprint density at radius 3 is 2.74 bits per heavy atom. The number of halogens is 1. The number of carbonyl (C=O) groups excluding carboxylic acids is 1. The van der Waals surface area contributed by atoms with Crippen molar-refractivity contribution in [1.82, 2.24) is 10.3 Å². The van der Waals surface area contributed by atoms with Gasteiger partial charge in [0.25, 0.3) is 5.91 Å². The Kier molecular flexibility index (Phi) is 5.82. The van der Waals surface area contributed by atoms with Crippen LogP contribution in [-0.2, 0) is 6.54 Å². The highest BCUT2D eigenvalue weighted by Crippen LogP contribution is 2.20. The summed E-state index contributed by atoms with van der Waals surface area (Å²) in [6.45, 7) is 3.07. The monoisotopic (exact) mass is 332 g/mol. The third-order valence-corrected chi connectivity index (χ3v) is 3.51. The minimum Gasteiger partial charge on any atom is -0.385 e. The van der Waals surface area contributed by atoms with Crippen LogP contribution in [0.4, 0.5) is 11.5 Å². The highest BCUT2D eigenvalue weighted by atomic mass is 35.5. The lowest BCUT2D eigenvalue weighted by Gasteiger charge is -2.14. The van der Waals surface area contributed by atoms with Crippen LogP contribution in [-0.4, -0.2) is 31.5 Å². The Hall–Kier alpha value is -2.27. The van der Waals surface area contributed by atoms with E-state index in [9.17, 15) is 4.79 Å². The van der Waals surface area contributed by atoms with Crippen LogP contribution in [0.15, 0.2) is 36.4 Å². The Bertz CT molecular complexity index is 688. The number of amides is 1. The first-order chi connectivity index (χ1) is 11.0. The fourth-order valence-electron chi connectivity index (χ4n) is 2.13. The minimum absolute atomic E-state index is 0.180. The number of anilines is 2. The van der Waals surface area contributed by atoms with Crippen LogP contribution in [0.2, 0.25) is 5.02 Å². The smallest absolute Gasteiger partial charge is 0.253 e. The SMILES string of the molecule is CCNc1ccc(Cl)cc1C(=O)NCc1cccc(N(C)C)n1. The maximum Gasteiger partial charge on any atom is 0.253 e. The maximum atomic E-state index is 12.4. The van der Waals surface area contributed by atoms with Crippen LogP contribution >= 0.6 is 11.6 Å². The van der Waals surface area contributed by atoms with Crippen molar-refractivity contribution in [3.05, 3.63) is 52.7 Å². The molecule has 0 saturated carbocycles. The second-order valence-electron chi connectivity index (χ2n) is 5.28. The predicted molar refractivity (Wildman–Crippen MR) is 95.3 cm³/mol. The van der Waals surface area contributed by atoms with E-state index in [0.29, 0.717) is 17.1 Å². The zero-order valence-corrected chi connectivity index (χ0v) is 14.3. The van der Waals surface area contributed by atoms with E-state index in [-0.39, 0.29) is 5.91 Å². The Labute approximate surface area is 141 Å². The summed E-state index contributed by atoms with van der Waals surface area (Å²) in [6.07, 6.45) is 0. The van der Waals surface area contributed by atoms with Crippen LogP contribution in [0.3, 0.4) is 0 Å². The van der Waals surface area contributed by atoms with Gasteiger partial charge in [0.1, 0.15) is 5.82 Å². The molecule has 0 spiro atoms. The number of aromatic nitrogens is 1. The molecular formula is C17H21ClN4O. The van der Waals surface area contributed by atoms with Gasteiger partial charge in [0.05, 0.1) is 17.8 Å². The molecule has 0 aliphatic heterocycles. The third kappa shape index (κ3) is 4.60. The molecule has 0 unspecified atom stereocenters. The fourth-order valence-corrected chi connectivity index (χ4v) is 2.30. The van der Waals surface area contributed by atoms with E-state index in [4.69, 9.17) is 11.6 Å². The van der Waals surface area contributed by atoms with Crippen molar-refractivity contribution in [2.24, 2.45) is 0 Å². The zero-order chi connectivity index (χ0) is 16.8. The second-order valence-corrected chi connectivity index (χ2v) is 5.72. The molecule has 2 rings (SSSR count). The van der Waals surface area contributed by atoms with Gasteiger partial charge < -0.3 is 15.5 Å². The molecule has 1 aromatic carbocycles. The number of hydrogen-bond donors (Lipinski definition) is 2. The molecule has 5 nitrogen and oxygen atoms in total. The first-order valence-electron chi connectivity index (χ1n) is 7.46. The first-order valence-corrected chi connectivity index (χ1v) is 7.84. The normalized spacial score (nSPS) is 10.3. The summed E-state index contributed by atoms with van der Waals surface area (Å²) in [5, 5.41) is 6.59. The molecule has 0 bridgehead atoms. The minimum atomic E-state index is -0.180. The quantitative estimate of drug-likeness (QED) is 0.853. The van der Waals surface area contributed by atoms with Crippen molar-refractivity contribution in [3.63, 3.8) is 0 Å². The summed E-state index contributed by atoms with van der Waals surface area (Å²) in [7, 11) is 3.86. The number of carbonyl (C=O) groups is 1. The lowest BCUT2D eigenvalue weighted by atomic mass is 10.1. The topological polar surface area (TPSA) is 57.3 Å². The van der Waals surface area contributed by atoms with Crippen molar-refractivity contribution in [2.75, 3.05) is 30.9 Å². The largest absolute Gasteiger partial charge is 0.385 e. The molecule has 2 N–H and O–H groups in total. The van der Waals surface area contributed by atoms with Gasteiger partial charge >= 0.3 is 0 Å². The lowest BCUT2D eigenvalue weighted by Crippen LogP contribution is -2.25. The predicted octanol–water partition coefficient (Wildman–Crippen LogP) is 3.16. The lowest BCUT2D eigenvalue weighted by molar-refractivity contribution is 0.0951. The van der Waals surface area contributed by atoms with E-state index < -0.39 is 0 Å². The van der Waals surface area contributed by atoms with Gasteiger partial charge in [-0.15, -0.1) is 0 Å². The number of nitrogens with one attached hydrogen (secondary N) is 2. The van der Waals surface area contributed by atoms with Gasteiger partial charge in [-0.3, -0.25) is 4.79 Å². The van der Waals surface area contributed by atoms with E-state index in [1.807, 2.05) is 50.2 Å². The number of hydrogen-bond acceptors (Lipinski definition) is 4. The Balaban J connectivity index is 2.10. The van der Waals surface area contributed by atoms with Gasteiger partial charge in [0.15, 0.2) is 0 Å². The molecule has 122 valence electrons. The van der Waals surface area contributed by atoms with Crippen molar-refractivity contribution in [2.45, 2.75) is 13.5 Å². The zero-order valence-electron chi connectivity index (χ0n) is 13.6. The van der Waals surface area contributed by atoms with Gasteiger partial charge in [-0.2, -0.15) is 0 Å². The second kappa shape index (κ2) is 7.83. The van der Waals surface area contributed by atoms with Crippen molar-refractivity contribution in [1.29, 1.82) is 0 Å². The number of pyridine rings is 1. The molecule has 0 fully saturated rings. The molecule has 0 radical (unpaired) electrons. The van der Waals surface area contributed by atoms with Crippen LogP contribution in [0.5, 0.6) is 0 Å². The summed E-state index contributed by atoms with van der Waals surface area (Å²) >= 11 is 6.01. The highest BCUT2D eigenvalue weighted by molar-refractivity contribution is 6.31. The van der Waals surface area contributed by atoms with E-state index in [1.54, 1.807) is 12.1 Å². The summed E-state index contributed by atoms with van der Waals surface area (Å²) in [4.78, 5) is 18.8. The highest BCUT2D eigenvalue weighted by Gasteiger charge is 2.12. The Morgan fingerprint density at radius 2 is 2.04 bits per heavy atom. The van der Waals surface area contributed by atoms with Gasteiger partial charge in [-0.05, 0) is 37.3 Å². The summed E-state index contributed by atoms with van der Waals surface area (Å²) in [5.74, 6) is 0.674. The van der Waals surface area contributed by atoms with Gasteiger partial charge in [0.2, 0.25) is 0 Å². The van der Waals surface area contributed by atoms with E-state index in [0.717, 1.165) is 23.7 Å². The van der Waals surface area contributed by atoms with E-state index in [2.05, 4.69) is 15.6 Å².